The molecule has 2 N–H and O–H groups in total. The van der Waals surface area contributed by atoms with Crippen LogP contribution >= 0.6 is 23.4 Å². The number of halogens is 1. The maximum Gasteiger partial charge on any atom is 0.0637 e. The molecule has 1 rings (SSSR count). The monoisotopic (exact) mass is 259 g/mol. The smallest absolute Gasteiger partial charge is 0.0637 e. The lowest BCUT2D eigenvalue weighted by Crippen LogP contribution is -2.24. The number of thioether (sulfide) groups is 1. The summed E-state index contributed by atoms with van der Waals surface area (Å²) in [5.74, 6) is 2.17. The fraction of sp³-hybridized carbons (Fsp3) is 0.500. The summed E-state index contributed by atoms with van der Waals surface area (Å²) in [7, 11) is 0. The van der Waals surface area contributed by atoms with Gasteiger partial charge in [-0.2, -0.15) is 11.8 Å². The van der Waals surface area contributed by atoms with Gasteiger partial charge in [0, 0.05) is 0 Å². The van der Waals surface area contributed by atoms with Gasteiger partial charge in [-0.15, -0.1) is 0 Å². The van der Waals surface area contributed by atoms with E-state index >= 15 is 0 Å². The van der Waals surface area contributed by atoms with Crippen LogP contribution in [-0.4, -0.2) is 29.3 Å². The summed E-state index contributed by atoms with van der Waals surface area (Å²) in [6.45, 7) is 2.27. The van der Waals surface area contributed by atoms with Crippen LogP contribution in [0.25, 0.3) is 0 Å². The van der Waals surface area contributed by atoms with E-state index in [-0.39, 0.29) is 12.6 Å². The molecule has 0 aliphatic carbocycles. The van der Waals surface area contributed by atoms with E-state index in [4.69, 9.17) is 11.6 Å². The molecule has 1 aromatic rings. The molecule has 0 saturated carbocycles. The summed E-state index contributed by atoms with van der Waals surface area (Å²) in [6, 6.07) is 7.69. The Kier molecular flexibility index (Phi) is 6.69. The van der Waals surface area contributed by atoms with E-state index < -0.39 is 0 Å². The van der Waals surface area contributed by atoms with Gasteiger partial charge in [-0.05, 0) is 30.1 Å². The third-order valence-electron chi connectivity index (χ3n) is 2.27. The Morgan fingerprint density at radius 1 is 1.44 bits per heavy atom. The summed E-state index contributed by atoms with van der Waals surface area (Å²) < 4.78 is 0. The van der Waals surface area contributed by atoms with Crippen LogP contribution < -0.4 is 5.32 Å². The van der Waals surface area contributed by atoms with Crippen LogP contribution in [0.1, 0.15) is 13.3 Å². The summed E-state index contributed by atoms with van der Waals surface area (Å²) >= 11 is 7.92. The predicted octanol–water partition coefficient (Wildman–Crippen LogP) is 3.26. The topological polar surface area (TPSA) is 32.3 Å². The lowest BCUT2D eigenvalue weighted by Gasteiger charge is -2.18. The molecule has 0 aliphatic rings. The fourth-order valence-electron chi connectivity index (χ4n) is 1.38. The van der Waals surface area contributed by atoms with E-state index in [9.17, 15) is 5.11 Å². The molecule has 1 unspecified atom stereocenters. The number of hydrogen-bond donors (Lipinski definition) is 2. The van der Waals surface area contributed by atoms with Crippen LogP contribution in [0.4, 0.5) is 5.69 Å². The van der Waals surface area contributed by atoms with Crippen LogP contribution in [-0.2, 0) is 0 Å². The highest BCUT2D eigenvalue weighted by atomic mass is 35.5. The van der Waals surface area contributed by atoms with Gasteiger partial charge in [0.05, 0.1) is 23.4 Å². The van der Waals surface area contributed by atoms with Gasteiger partial charge >= 0.3 is 0 Å². The van der Waals surface area contributed by atoms with Crippen molar-refractivity contribution in [3.05, 3.63) is 29.3 Å². The lowest BCUT2D eigenvalue weighted by molar-refractivity contribution is 0.272. The first-order chi connectivity index (χ1) is 7.77. The number of anilines is 1. The quantitative estimate of drug-likeness (QED) is 0.738. The van der Waals surface area contributed by atoms with E-state index in [0.29, 0.717) is 5.02 Å². The SMILES string of the molecule is CCSCCC(CO)Nc1ccccc1Cl. The third-order valence-corrected chi connectivity index (χ3v) is 3.53. The molecule has 0 aliphatic heterocycles. The maximum atomic E-state index is 9.26. The Morgan fingerprint density at radius 2 is 2.19 bits per heavy atom. The zero-order chi connectivity index (χ0) is 11.8. The highest BCUT2D eigenvalue weighted by Gasteiger charge is 2.08. The predicted molar refractivity (Wildman–Crippen MR) is 73.6 cm³/mol. The minimum Gasteiger partial charge on any atom is -0.394 e. The number of nitrogens with one attached hydrogen (secondary N) is 1. The highest BCUT2D eigenvalue weighted by Crippen LogP contribution is 2.22. The second-order valence-electron chi connectivity index (χ2n) is 3.49. The van der Waals surface area contributed by atoms with Gasteiger partial charge < -0.3 is 10.4 Å². The first kappa shape index (κ1) is 13.7. The molecule has 1 atom stereocenters. The molecule has 0 saturated heterocycles. The Balaban J connectivity index is 2.46. The molecule has 16 heavy (non-hydrogen) atoms. The summed E-state index contributed by atoms with van der Waals surface area (Å²) in [5.41, 5.74) is 0.893. The van der Waals surface area contributed by atoms with Crippen molar-refractivity contribution in [2.75, 3.05) is 23.4 Å². The molecule has 0 aromatic heterocycles. The molecular weight excluding hydrogens is 242 g/mol. The number of aliphatic hydroxyl groups excluding tert-OH is 1. The number of benzene rings is 1. The van der Waals surface area contributed by atoms with Crippen molar-refractivity contribution in [1.82, 2.24) is 0 Å². The molecule has 90 valence electrons. The number of rotatable bonds is 7. The average molecular weight is 260 g/mol. The van der Waals surface area contributed by atoms with Gasteiger partial charge in [-0.25, -0.2) is 0 Å². The molecule has 2 nitrogen and oxygen atoms in total. The van der Waals surface area contributed by atoms with Crippen molar-refractivity contribution >= 4 is 29.1 Å². The van der Waals surface area contributed by atoms with Crippen LogP contribution in [0.3, 0.4) is 0 Å². The number of hydrogen-bond acceptors (Lipinski definition) is 3. The summed E-state index contributed by atoms with van der Waals surface area (Å²) in [6.07, 6.45) is 0.945. The van der Waals surface area contributed by atoms with Crippen LogP contribution in [0.15, 0.2) is 24.3 Å². The number of aliphatic hydroxyl groups is 1. The molecule has 1 aromatic carbocycles. The Hall–Kier alpha value is -0.380. The molecule has 0 radical (unpaired) electrons. The van der Waals surface area contributed by atoms with Crippen molar-refractivity contribution in [1.29, 1.82) is 0 Å². The molecular formula is C12H18ClNOS. The second kappa shape index (κ2) is 7.82. The van der Waals surface area contributed by atoms with Crippen molar-refractivity contribution in [2.24, 2.45) is 0 Å². The number of para-hydroxylation sites is 1. The van der Waals surface area contributed by atoms with Gasteiger partial charge in [0.1, 0.15) is 0 Å². The van der Waals surface area contributed by atoms with Gasteiger partial charge in [0.25, 0.3) is 0 Å². The summed E-state index contributed by atoms with van der Waals surface area (Å²) in [5, 5.41) is 13.2. The average Bonchev–Trinajstić information content (AvgIpc) is 2.30. The zero-order valence-corrected chi connectivity index (χ0v) is 11.0. The van der Waals surface area contributed by atoms with E-state index in [2.05, 4.69) is 12.2 Å². The van der Waals surface area contributed by atoms with E-state index in [1.165, 1.54) is 0 Å². The maximum absolute atomic E-state index is 9.26. The van der Waals surface area contributed by atoms with Crippen molar-refractivity contribution in [3.8, 4) is 0 Å². The Labute approximate surface area is 106 Å². The Morgan fingerprint density at radius 3 is 2.81 bits per heavy atom. The third kappa shape index (κ3) is 4.64. The molecule has 0 bridgehead atoms. The van der Waals surface area contributed by atoms with E-state index in [0.717, 1.165) is 23.6 Å². The zero-order valence-electron chi connectivity index (χ0n) is 9.45. The second-order valence-corrected chi connectivity index (χ2v) is 5.29. The van der Waals surface area contributed by atoms with E-state index in [1.54, 1.807) is 0 Å². The van der Waals surface area contributed by atoms with Crippen LogP contribution in [0, 0.1) is 0 Å². The van der Waals surface area contributed by atoms with Crippen LogP contribution in [0.2, 0.25) is 5.02 Å². The molecule has 0 fully saturated rings. The molecule has 0 spiro atoms. The van der Waals surface area contributed by atoms with Crippen molar-refractivity contribution in [3.63, 3.8) is 0 Å². The highest BCUT2D eigenvalue weighted by molar-refractivity contribution is 7.99. The van der Waals surface area contributed by atoms with Gasteiger partial charge in [-0.3, -0.25) is 0 Å². The van der Waals surface area contributed by atoms with Crippen molar-refractivity contribution < 1.29 is 5.11 Å². The standard InChI is InChI=1S/C12H18ClNOS/c1-2-16-8-7-10(9-15)14-12-6-4-3-5-11(12)13/h3-6,10,14-15H,2,7-9H2,1H3. The first-order valence-electron chi connectivity index (χ1n) is 5.47. The minimum absolute atomic E-state index is 0.0824. The first-order valence-corrected chi connectivity index (χ1v) is 7.00. The molecule has 0 amide bonds. The van der Waals surface area contributed by atoms with Gasteiger partial charge in [-0.1, -0.05) is 30.7 Å². The van der Waals surface area contributed by atoms with Crippen molar-refractivity contribution in [2.45, 2.75) is 19.4 Å². The largest absolute Gasteiger partial charge is 0.394 e. The lowest BCUT2D eigenvalue weighted by atomic mass is 10.2. The van der Waals surface area contributed by atoms with Crippen LogP contribution in [0.5, 0.6) is 0 Å². The van der Waals surface area contributed by atoms with Gasteiger partial charge in [0.2, 0.25) is 0 Å². The fourth-order valence-corrected chi connectivity index (χ4v) is 2.31. The molecule has 4 heteroatoms. The normalized spacial score (nSPS) is 12.4. The van der Waals surface area contributed by atoms with Gasteiger partial charge in [0.15, 0.2) is 0 Å². The van der Waals surface area contributed by atoms with E-state index in [1.807, 2.05) is 36.0 Å². The summed E-state index contributed by atoms with van der Waals surface area (Å²) in [4.78, 5) is 0. The molecule has 0 heterocycles. The Bertz CT molecular complexity index is 309. The minimum atomic E-state index is 0.0824.